The number of hydrogen-bond acceptors (Lipinski definition) is 4. The first-order valence-electron chi connectivity index (χ1n) is 14.6. The average Bonchev–Trinajstić information content (AvgIpc) is 3.44. The molecule has 0 fully saturated rings. The van der Waals surface area contributed by atoms with Crippen molar-refractivity contribution in [3.05, 3.63) is 138 Å². The molecule has 4 aromatic rings. The summed E-state index contributed by atoms with van der Waals surface area (Å²) in [6, 6.07) is 34.2. The van der Waals surface area contributed by atoms with Crippen molar-refractivity contribution in [3.63, 3.8) is 0 Å². The molecule has 0 saturated carbocycles. The standard InChI is InChI=1S/C37H38NO3P/c1-25(2)29-20-14-21-31-30-19-12-13-22-33(30)38-34(23-32(36(38)35(29)31)37(4,39)24-26(3)41-5)42(40,27-15-8-6-9-16-27)28-17-10-7-11-18-28/h6-25,32,36,39H,1-5H3/b26-24-. The number of hydrogen-bond donors (Lipinski definition) is 1. The number of aliphatic hydroxyl groups is 1. The number of para-hydroxylation sites is 1. The number of rotatable bonds is 7. The number of anilines is 1. The van der Waals surface area contributed by atoms with Crippen molar-refractivity contribution >= 4 is 23.4 Å². The number of allylic oxidation sites excluding steroid dienone is 1. The maximum absolute atomic E-state index is 15.9. The van der Waals surface area contributed by atoms with Crippen LogP contribution in [0.3, 0.4) is 0 Å². The van der Waals surface area contributed by atoms with Gasteiger partial charge in [-0.05, 0) is 54.7 Å². The van der Waals surface area contributed by atoms with E-state index in [-0.39, 0.29) is 12.0 Å². The van der Waals surface area contributed by atoms with Crippen LogP contribution in [0.15, 0.2) is 126 Å². The van der Waals surface area contributed by atoms with E-state index in [4.69, 9.17) is 4.74 Å². The Kier molecular flexibility index (Phi) is 7.25. The van der Waals surface area contributed by atoms with Crippen molar-refractivity contribution in [1.29, 1.82) is 0 Å². The number of benzene rings is 4. The van der Waals surface area contributed by atoms with E-state index >= 15 is 4.57 Å². The van der Waals surface area contributed by atoms with Crippen LogP contribution < -0.4 is 15.5 Å². The Morgan fingerprint density at radius 2 is 1.45 bits per heavy atom. The lowest BCUT2D eigenvalue weighted by Gasteiger charge is -2.44. The lowest BCUT2D eigenvalue weighted by Crippen LogP contribution is -2.41. The van der Waals surface area contributed by atoms with Crippen LogP contribution in [0.2, 0.25) is 0 Å². The fraction of sp³-hybridized carbons (Fsp3) is 0.243. The molecule has 3 atom stereocenters. The van der Waals surface area contributed by atoms with E-state index in [2.05, 4.69) is 61.2 Å². The summed E-state index contributed by atoms with van der Waals surface area (Å²) < 4.78 is 21.4. The van der Waals surface area contributed by atoms with Crippen LogP contribution in [0, 0.1) is 5.92 Å². The van der Waals surface area contributed by atoms with E-state index in [0.29, 0.717) is 5.76 Å². The van der Waals surface area contributed by atoms with Crippen molar-refractivity contribution in [2.24, 2.45) is 5.92 Å². The first-order valence-corrected chi connectivity index (χ1v) is 16.3. The highest BCUT2D eigenvalue weighted by molar-refractivity contribution is 7.82. The zero-order valence-electron chi connectivity index (χ0n) is 24.9. The van der Waals surface area contributed by atoms with Crippen molar-refractivity contribution in [1.82, 2.24) is 0 Å². The molecular formula is C37H38NO3P. The molecule has 0 bridgehead atoms. The molecule has 3 unspecified atom stereocenters. The van der Waals surface area contributed by atoms with Crippen molar-refractivity contribution in [2.45, 2.75) is 45.3 Å². The molecule has 0 spiro atoms. The highest BCUT2D eigenvalue weighted by Crippen LogP contribution is 2.65. The van der Waals surface area contributed by atoms with Crippen LogP contribution in [0.1, 0.15) is 50.8 Å². The molecule has 0 radical (unpaired) electrons. The van der Waals surface area contributed by atoms with Crippen LogP contribution in [-0.2, 0) is 9.30 Å². The minimum absolute atomic E-state index is 0.257. The second kappa shape index (κ2) is 10.8. The monoisotopic (exact) mass is 575 g/mol. The Bertz CT molecular complexity index is 1680. The van der Waals surface area contributed by atoms with Crippen LogP contribution in [0.4, 0.5) is 5.69 Å². The quantitative estimate of drug-likeness (QED) is 0.179. The molecule has 42 heavy (non-hydrogen) atoms. The molecule has 6 rings (SSSR count). The normalized spacial score (nSPS) is 19.5. The third-order valence-corrected chi connectivity index (χ3v) is 11.8. The van der Waals surface area contributed by atoms with Gasteiger partial charge in [-0.25, -0.2) is 0 Å². The lowest BCUT2D eigenvalue weighted by atomic mass is 9.74. The first-order chi connectivity index (χ1) is 20.2. The molecule has 0 amide bonds. The second-order valence-electron chi connectivity index (χ2n) is 11.8. The van der Waals surface area contributed by atoms with Gasteiger partial charge in [-0.2, -0.15) is 0 Å². The number of ether oxygens (including phenoxy) is 1. The summed E-state index contributed by atoms with van der Waals surface area (Å²) >= 11 is 0. The van der Waals surface area contributed by atoms with Crippen LogP contribution >= 0.6 is 7.14 Å². The molecule has 214 valence electrons. The van der Waals surface area contributed by atoms with E-state index in [1.165, 1.54) is 11.1 Å². The molecule has 4 aromatic carbocycles. The minimum atomic E-state index is -3.39. The van der Waals surface area contributed by atoms with E-state index in [9.17, 15) is 5.11 Å². The summed E-state index contributed by atoms with van der Waals surface area (Å²) in [7, 11) is -1.77. The molecule has 4 nitrogen and oxygen atoms in total. The Morgan fingerprint density at radius 1 is 0.881 bits per heavy atom. The molecule has 0 aliphatic carbocycles. The maximum Gasteiger partial charge on any atom is 0.186 e. The number of methoxy groups -OCH3 is 1. The van der Waals surface area contributed by atoms with Gasteiger partial charge < -0.3 is 19.3 Å². The fourth-order valence-corrected chi connectivity index (χ4v) is 9.70. The van der Waals surface area contributed by atoms with Gasteiger partial charge in [-0.3, -0.25) is 0 Å². The van der Waals surface area contributed by atoms with Gasteiger partial charge >= 0.3 is 0 Å². The summed E-state index contributed by atoms with van der Waals surface area (Å²) in [6.07, 6.45) is 3.89. The van der Waals surface area contributed by atoms with Gasteiger partial charge in [0, 0.05) is 27.8 Å². The van der Waals surface area contributed by atoms with E-state index in [0.717, 1.165) is 32.9 Å². The van der Waals surface area contributed by atoms with Gasteiger partial charge in [0.25, 0.3) is 0 Å². The third kappa shape index (κ3) is 4.45. The zero-order chi connectivity index (χ0) is 29.6. The second-order valence-corrected chi connectivity index (χ2v) is 14.5. The predicted octanol–water partition coefficient (Wildman–Crippen LogP) is 8.12. The number of nitrogens with zero attached hydrogens (tertiary/aromatic N) is 1. The van der Waals surface area contributed by atoms with E-state index in [1.54, 1.807) is 13.2 Å². The Balaban J connectivity index is 1.72. The molecular weight excluding hydrogens is 537 g/mol. The Labute approximate surface area is 249 Å². The van der Waals surface area contributed by atoms with Crippen molar-refractivity contribution in [3.8, 4) is 11.1 Å². The van der Waals surface area contributed by atoms with E-state index < -0.39 is 18.7 Å². The smallest absolute Gasteiger partial charge is 0.186 e. The molecule has 1 N–H and O–H groups in total. The first kappa shape index (κ1) is 28.3. The maximum atomic E-state index is 15.9. The summed E-state index contributed by atoms with van der Waals surface area (Å²) in [5.74, 6) is 0.481. The highest BCUT2D eigenvalue weighted by atomic mass is 31.2. The van der Waals surface area contributed by atoms with E-state index in [1.807, 2.05) is 80.6 Å². The van der Waals surface area contributed by atoms with Gasteiger partial charge in [0.05, 0.1) is 29.9 Å². The molecule has 2 aliphatic heterocycles. The largest absolute Gasteiger partial charge is 0.502 e. The van der Waals surface area contributed by atoms with Crippen LogP contribution in [0.5, 0.6) is 0 Å². The highest BCUT2D eigenvalue weighted by Gasteiger charge is 2.53. The van der Waals surface area contributed by atoms with Gasteiger partial charge in [0.1, 0.15) is 0 Å². The van der Waals surface area contributed by atoms with Crippen molar-refractivity contribution < 1.29 is 14.4 Å². The third-order valence-electron chi connectivity index (χ3n) is 8.76. The molecule has 0 aromatic heterocycles. The SMILES string of the molecule is CO/C(C)=C\C(C)(O)C1C=C(P(=O)(c2ccccc2)c2ccccc2)N2c3ccccc3-c3cccc(C(C)C)c3C12. The molecule has 2 aliphatic rings. The summed E-state index contributed by atoms with van der Waals surface area (Å²) in [6.45, 7) is 8.12. The molecule has 2 heterocycles. The zero-order valence-corrected chi connectivity index (χ0v) is 25.8. The summed E-state index contributed by atoms with van der Waals surface area (Å²) in [5, 5.41) is 13.8. The van der Waals surface area contributed by atoms with Gasteiger partial charge in [-0.1, -0.05) is 111 Å². The average molecular weight is 576 g/mol. The van der Waals surface area contributed by atoms with Crippen molar-refractivity contribution in [2.75, 3.05) is 12.0 Å². The Morgan fingerprint density at radius 3 is 2.05 bits per heavy atom. The summed E-state index contributed by atoms with van der Waals surface area (Å²) in [5.41, 5.74) is 5.11. The topological polar surface area (TPSA) is 49.8 Å². The van der Waals surface area contributed by atoms with Gasteiger partial charge in [0.15, 0.2) is 7.14 Å². The van der Waals surface area contributed by atoms with Gasteiger partial charge in [0.2, 0.25) is 0 Å². The Hall–Kier alpha value is -3.85. The van der Waals surface area contributed by atoms with Gasteiger partial charge in [-0.15, -0.1) is 0 Å². The molecule has 5 heteroatoms. The molecule has 0 saturated heterocycles. The lowest BCUT2D eigenvalue weighted by molar-refractivity contribution is 0.0545. The fourth-order valence-electron chi connectivity index (χ4n) is 6.78. The van der Waals surface area contributed by atoms with Crippen LogP contribution in [-0.4, -0.2) is 17.8 Å². The summed E-state index contributed by atoms with van der Waals surface area (Å²) in [4.78, 5) is 2.28. The number of fused-ring (bicyclic) bond motifs is 6. The minimum Gasteiger partial charge on any atom is -0.502 e. The van der Waals surface area contributed by atoms with Crippen LogP contribution in [0.25, 0.3) is 11.1 Å². The predicted molar refractivity (Wildman–Crippen MR) is 174 cm³/mol.